The second-order valence-electron chi connectivity index (χ2n) is 5.69. The number of nitrogens with one attached hydrogen (secondary N) is 2. The van der Waals surface area contributed by atoms with Crippen molar-refractivity contribution in [2.75, 3.05) is 7.05 Å². The Morgan fingerprint density at radius 2 is 1.82 bits per heavy atom. The summed E-state index contributed by atoms with van der Waals surface area (Å²) in [5.41, 5.74) is 3.72. The minimum atomic E-state index is 0.166. The van der Waals surface area contributed by atoms with Crippen LogP contribution in [0.1, 0.15) is 35.1 Å². The van der Waals surface area contributed by atoms with Crippen LogP contribution in [0.5, 0.6) is 0 Å². The van der Waals surface area contributed by atoms with Crippen molar-refractivity contribution in [2.45, 2.75) is 18.4 Å². The Bertz CT molecular complexity index is 699. The maximum Gasteiger partial charge on any atom is 0.0595 e. The molecule has 0 aliphatic heterocycles. The maximum atomic E-state index is 7.79. The third kappa shape index (κ3) is 2.67. The van der Waals surface area contributed by atoms with Crippen LogP contribution in [-0.4, -0.2) is 13.3 Å². The number of hydrogen-bond donors (Lipinski definition) is 2. The highest BCUT2D eigenvalue weighted by atomic mass is 35.5. The quantitative estimate of drug-likeness (QED) is 0.757. The summed E-state index contributed by atoms with van der Waals surface area (Å²) >= 11 is 12.2. The van der Waals surface area contributed by atoms with Crippen LogP contribution in [-0.2, 0) is 0 Å². The zero-order valence-electron chi connectivity index (χ0n) is 12.3. The molecule has 3 atom stereocenters. The molecule has 0 bridgehead atoms. The van der Waals surface area contributed by atoms with Gasteiger partial charge in [-0.15, -0.1) is 0 Å². The lowest BCUT2D eigenvalue weighted by Crippen LogP contribution is -2.33. The van der Waals surface area contributed by atoms with E-state index in [2.05, 4.69) is 29.6 Å². The molecule has 114 valence electrons. The van der Waals surface area contributed by atoms with E-state index < -0.39 is 0 Å². The van der Waals surface area contributed by atoms with E-state index in [9.17, 15) is 0 Å². The molecule has 0 saturated heterocycles. The Morgan fingerprint density at radius 3 is 2.45 bits per heavy atom. The molecule has 0 aromatic heterocycles. The molecule has 0 amide bonds. The first-order valence-corrected chi connectivity index (χ1v) is 8.13. The van der Waals surface area contributed by atoms with Crippen LogP contribution < -0.4 is 5.32 Å². The predicted octanol–water partition coefficient (Wildman–Crippen LogP) is 5.06. The van der Waals surface area contributed by atoms with Gasteiger partial charge in [0.2, 0.25) is 0 Å². The largest absolute Gasteiger partial charge is 0.313 e. The summed E-state index contributed by atoms with van der Waals surface area (Å²) in [4.78, 5) is 0. The molecule has 0 radical (unpaired) electrons. The van der Waals surface area contributed by atoms with Crippen LogP contribution in [0.2, 0.25) is 10.0 Å². The van der Waals surface area contributed by atoms with E-state index in [1.165, 1.54) is 11.1 Å². The van der Waals surface area contributed by atoms with Crippen molar-refractivity contribution in [3.63, 3.8) is 0 Å². The van der Waals surface area contributed by atoms with Gasteiger partial charge in [0.15, 0.2) is 0 Å². The summed E-state index contributed by atoms with van der Waals surface area (Å²) in [6.45, 7) is 0. The monoisotopic (exact) mass is 332 g/mol. The van der Waals surface area contributed by atoms with E-state index in [-0.39, 0.29) is 17.9 Å². The minimum absolute atomic E-state index is 0.166. The molecule has 2 aromatic carbocycles. The first-order valence-electron chi connectivity index (χ1n) is 7.37. The molecule has 3 unspecified atom stereocenters. The number of halogens is 2. The van der Waals surface area contributed by atoms with E-state index in [1.54, 1.807) is 6.21 Å². The van der Waals surface area contributed by atoms with Gasteiger partial charge in [0.1, 0.15) is 0 Å². The molecule has 0 saturated carbocycles. The topological polar surface area (TPSA) is 35.9 Å². The SMILES string of the molecule is CNC1c2ccccc2C(c2ccc(Cl)c(Cl)c2)CC1C=N. The minimum Gasteiger partial charge on any atom is -0.313 e. The van der Waals surface area contributed by atoms with Crippen molar-refractivity contribution in [1.82, 2.24) is 5.32 Å². The molecular formula is C18H18Cl2N2. The molecule has 2 aromatic rings. The molecule has 1 aliphatic rings. The normalized spacial score (nSPS) is 23.9. The zero-order valence-corrected chi connectivity index (χ0v) is 13.8. The molecular weight excluding hydrogens is 315 g/mol. The van der Waals surface area contributed by atoms with Crippen molar-refractivity contribution < 1.29 is 0 Å². The molecule has 0 spiro atoms. The van der Waals surface area contributed by atoms with Crippen molar-refractivity contribution in [3.8, 4) is 0 Å². The lowest BCUT2D eigenvalue weighted by molar-refractivity contribution is 0.406. The lowest BCUT2D eigenvalue weighted by Gasteiger charge is -2.36. The summed E-state index contributed by atoms with van der Waals surface area (Å²) < 4.78 is 0. The zero-order chi connectivity index (χ0) is 15.7. The Hall–Kier alpha value is -1.35. The summed E-state index contributed by atoms with van der Waals surface area (Å²) in [6.07, 6.45) is 2.45. The van der Waals surface area contributed by atoms with E-state index >= 15 is 0 Å². The van der Waals surface area contributed by atoms with Crippen LogP contribution in [0.3, 0.4) is 0 Å². The number of rotatable bonds is 3. The highest BCUT2D eigenvalue weighted by Crippen LogP contribution is 2.44. The first-order chi connectivity index (χ1) is 10.7. The average Bonchev–Trinajstić information content (AvgIpc) is 2.55. The molecule has 2 N–H and O–H groups in total. The molecule has 0 fully saturated rings. The maximum absolute atomic E-state index is 7.79. The van der Waals surface area contributed by atoms with Gasteiger partial charge in [-0.3, -0.25) is 0 Å². The van der Waals surface area contributed by atoms with Gasteiger partial charge < -0.3 is 10.7 Å². The molecule has 1 aliphatic carbocycles. The molecule has 22 heavy (non-hydrogen) atoms. The summed E-state index contributed by atoms with van der Waals surface area (Å²) in [6, 6.07) is 14.5. The number of benzene rings is 2. The third-order valence-corrected chi connectivity index (χ3v) is 5.25. The summed E-state index contributed by atoms with van der Waals surface area (Å²) in [5.74, 6) is 0.404. The van der Waals surface area contributed by atoms with E-state index in [4.69, 9.17) is 28.6 Å². The fraction of sp³-hybridized carbons (Fsp3) is 0.278. The second-order valence-corrected chi connectivity index (χ2v) is 6.50. The molecule has 4 heteroatoms. The summed E-state index contributed by atoms with van der Waals surface area (Å²) in [7, 11) is 1.96. The highest BCUT2D eigenvalue weighted by molar-refractivity contribution is 6.42. The van der Waals surface area contributed by atoms with E-state index in [0.29, 0.717) is 10.0 Å². The van der Waals surface area contributed by atoms with E-state index in [0.717, 1.165) is 12.0 Å². The third-order valence-electron chi connectivity index (χ3n) is 4.51. The number of fused-ring (bicyclic) bond motifs is 1. The Kier molecular flexibility index (Phi) is 4.53. The first kappa shape index (κ1) is 15.5. The van der Waals surface area contributed by atoms with Gasteiger partial charge in [-0.1, -0.05) is 53.5 Å². The van der Waals surface area contributed by atoms with Crippen LogP contribution in [0.4, 0.5) is 0 Å². The lowest BCUT2D eigenvalue weighted by atomic mass is 9.71. The fourth-order valence-electron chi connectivity index (χ4n) is 3.46. The van der Waals surface area contributed by atoms with Crippen LogP contribution >= 0.6 is 23.2 Å². The smallest absolute Gasteiger partial charge is 0.0595 e. The van der Waals surface area contributed by atoms with Gasteiger partial charge in [-0.25, -0.2) is 0 Å². The van der Waals surface area contributed by atoms with Gasteiger partial charge in [0, 0.05) is 24.1 Å². The van der Waals surface area contributed by atoms with Crippen LogP contribution in [0.25, 0.3) is 0 Å². The predicted molar refractivity (Wildman–Crippen MR) is 93.4 cm³/mol. The Morgan fingerprint density at radius 1 is 1.09 bits per heavy atom. The van der Waals surface area contributed by atoms with Crippen molar-refractivity contribution in [3.05, 3.63) is 69.2 Å². The van der Waals surface area contributed by atoms with E-state index in [1.807, 2.05) is 25.2 Å². The van der Waals surface area contributed by atoms with Gasteiger partial charge in [-0.2, -0.15) is 0 Å². The number of hydrogen-bond acceptors (Lipinski definition) is 2. The second kappa shape index (κ2) is 6.41. The average molecular weight is 333 g/mol. The van der Waals surface area contributed by atoms with Crippen molar-refractivity contribution >= 4 is 29.4 Å². The Labute approximate surface area is 141 Å². The van der Waals surface area contributed by atoms with Gasteiger partial charge in [0.25, 0.3) is 0 Å². The van der Waals surface area contributed by atoms with Crippen LogP contribution in [0.15, 0.2) is 42.5 Å². The highest BCUT2D eigenvalue weighted by Gasteiger charge is 2.33. The Balaban J connectivity index is 2.11. The van der Waals surface area contributed by atoms with Gasteiger partial charge in [0.05, 0.1) is 10.0 Å². The van der Waals surface area contributed by atoms with Gasteiger partial charge in [-0.05, 0) is 42.3 Å². The van der Waals surface area contributed by atoms with Crippen molar-refractivity contribution in [1.29, 1.82) is 5.41 Å². The van der Waals surface area contributed by atoms with Crippen molar-refractivity contribution in [2.24, 2.45) is 5.92 Å². The fourth-order valence-corrected chi connectivity index (χ4v) is 3.76. The molecule has 0 heterocycles. The molecule has 3 rings (SSSR count). The summed E-state index contributed by atoms with van der Waals surface area (Å²) in [5, 5.41) is 12.3. The van der Waals surface area contributed by atoms with Crippen LogP contribution in [0, 0.1) is 11.3 Å². The molecule has 2 nitrogen and oxygen atoms in total. The standard InChI is InChI=1S/C18H18Cl2N2/c1-22-18-12(10-21)8-15(13-4-2-3-5-14(13)18)11-6-7-16(19)17(20)9-11/h2-7,9-10,12,15,18,21-22H,8H2,1H3. The van der Waals surface area contributed by atoms with Gasteiger partial charge >= 0.3 is 0 Å².